The lowest BCUT2D eigenvalue weighted by molar-refractivity contribution is 0.557. The van der Waals surface area contributed by atoms with Crippen molar-refractivity contribution in [2.45, 2.75) is 63.2 Å². The van der Waals surface area contributed by atoms with Gasteiger partial charge in [0.15, 0.2) is 0 Å². The third-order valence-electron chi connectivity index (χ3n) is 4.10. The maximum atomic E-state index is 6.07. The Labute approximate surface area is 122 Å². The number of nitrogen functional groups attached to an aromatic ring is 1. The molecule has 4 heteroatoms. The van der Waals surface area contributed by atoms with Gasteiger partial charge in [-0.1, -0.05) is 25.7 Å². The molecular weight excluding hydrogens is 337 g/mol. The van der Waals surface area contributed by atoms with Gasteiger partial charge in [-0.15, -0.1) is 0 Å². The summed E-state index contributed by atoms with van der Waals surface area (Å²) in [6.07, 6.45) is 10.4. The molecule has 0 unspecified atom stereocenters. The number of aromatic nitrogens is 2. The molecule has 18 heavy (non-hydrogen) atoms. The second kappa shape index (κ2) is 5.31. The molecule has 1 heterocycles. The minimum atomic E-state index is 0.546. The number of nitrogens with two attached hydrogens (primary N) is 1. The van der Waals surface area contributed by atoms with Crippen LogP contribution in [0.25, 0.3) is 0 Å². The van der Waals surface area contributed by atoms with Gasteiger partial charge in [-0.25, -0.2) is 9.97 Å². The van der Waals surface area contributed by atoms with Crippen molar-refractivity contribution in [3.8, 4) is 0 Å². The van der Waals surface area contributed by atoms with Crippen LogP contribution in [0.1, 0.15) is 74.7 Å². The van der Waals surface area contributed by atoms with E-state index in [0.29, 0.717) is 17.7 Å². The van der Waals surface area contributed by atoms with Gasteiger partial charge in [0.05, 0.1) is 9.26 Å². The highest BCUT2D eigenvalue weighted by molar-refractivity contribution is 14.1. The Morgan fingerprint density at radius 3 is 2.17 bits per heavy atom. The van der Waals surface area contributed by atoms with E-state index in [1.807, 2.05) is 0 Å². The predicted octanol–water partition coefficient (Wildman–Crippen LogP) is 3.98. The summed E-state index contributed by atoms with van der Waals surface area (Å²) in [7, 11) is 0. The minimum absolute atomic E-state index is 0.546. The van der Waals surface area contributed by atoms with Gasteiger partial charge in [0.2, 0.25) is 0 Å². The van der Waals surface area contributed by atoms with Gasteiger partial charge in [0.25, 0.3) is 0 Å². The SMILES string of the molecule is Nc1nc(C2CCCCCC2)nc(C2CC2)c1I. The van der Waals surface area contributed by atoms with Crippen LogP contribution in [0.2, 0.25) is 0 Å². The molecule has 3 rings (SSSR count). The standard InChI is InChI=1S/C14H20IN3/c15-11-12(9-7-8-9)17-14(18-13(11)16)10-5-3-1-2-4-6-10/h9-10H,1-8H2,(H2,16,17,18). The highest BCUT2D eigenvalue weighted by Gasteiger charge is 2.30. The predicted molar refractivity (Wildman–Crippen MR) is 81.6 cm³/mol. The molecule has 1 aromatic heterocycles. The molecule has 0 saturated heterocycles. The Hall–Kier alpha value is -0.390. The normalized spacial score (nSPS) is 21.8. The molecule has 2 N–H and O–H groups in total. The fourth-order valence-electron chi connectivity index (χ4n) is 2.85. The second-order valence-corrected chi connectivity index (χ2v) is 6.71. The van der Waals surface area contributed by atoms with Crippen LogP contribution in [0.5, 0.6) is 0 Å². The van der Waals surface area contributed by atoms with E-state index in [4.69, 9.17) is 10.7 Å². The van der Waals surface area contributed by atoms with E-state index >= 15 is 0 Å². The maximum Gasteiger partial charge on any atom is 0.140 e. The lowest BCUT2D eigenvalue weighted by Crippen LogP contribution is -2.10. The Bertz CT molecular complexity index is 435. The Morgan fingerprint density at radius 1 is 0.889 bits per heavy atom. The van der Waals surface area contributed by atoms with Crippen LogP contribution in [0.3, 0.4) is 0 Å². The van der Waals surface area contributed by atoms with Crippen LogP contribution in [-0.2, 0) is 0 Å². The molecule has 2 saturated carbocycles. The van der Waals surface area contributed by atoms with Crippen molar-refractivity contribution < 1.29 is 0 Å². The largest absolute Gasteiger partial charge is 0.383 e. The first-order valence-corrected chi connectivity index (χ1v) is 8.16. The quantitative estimate of drug-likeness (QED) is 0.644. The van der Waals surface area contributed by atoms with E-state index < -0.39 is 0 Å². The molecule has 0 amide bonds. The summed E-state index contributed by atoms with van der Waals surface area (Å²) < 4.78 is 1.09. The van der Waals surface area contributed by atoms with Crippen LogP contribution in [0, 0.1) is 3.57 Å². The van der Waals surface area contributed by atoms with Crippen molar-refractivity contribution in [2.75, 3.05) is 5.73 Å². The average molecular weight is 357 g/mol. The smallest absolute Gasteiger partial charge is 0.140 e. The van der Waals surface area contributed by atoms with Crippen molar-refractivity contribution in [3.63, 3.8) is 0 Å². The van der Waals surface area contributed by atoms with Crippen LogP contribution in [0.15, 0.2) is 0 Å². The van der Waals surface area contributed by atoms with Gasteiger partial charge >= 0.3 is 0 Å². The molecule has 0 spiro atoms. The van der Waals surface area contributed by atoms with E-state index in [1.165, 1.54) is 57.1 Å². The third-order valence-corrected chi connectivity index (χ3v) is 5.21. The van der Waals surface area contributed by atoms with Crippen LogP contribution < -0.4 is 5.73 Å². The van der Waals surface area contributed by atoms with Gasteiger partial charge in [-0.3, -0.25) is 0 Å². The summed E-state index contributed by atoms with van der Waals surface area (Å²) in [5.41, 5.74) is 7.30. The Balaban J connectivity index is 1.90. The van der Waals surface area contributed by atoms with Crippen molar-refractivity contribution in [1.29, 1.82) is 0 Å². The van der Waals surface area contributed by atoms with Crippen LogP contribution >= 0.6 is 22.6 Å². The van der Waals surface area contributed by atoms with Gasteiger partial charge in [-0.05, 0) is 48.3 Å². The lowest BCUT2D eigenvalue weighted by atomic mass is 9.99. The van der Waals surface area contributed by atoms with E-state index in [9.17, 15) is 0 Å². The number of anilines is 1. The van der Waals surface area contributed by atoms with E-state index in [2.05, 4.69) is 27.6 Å². The van der Waals surface area contributed by atoms with Crippen molar-refractivity contribution in [2.24, 2.45) is 0 Å². The number of hydrogen-bond donors (Lipinski definition) is 1. The molecule has 0 aromatic carbocycles. The maximum absolute atomic E-state index is 6.07. The van der Waals surface area contributed by atoms with E-state index in [1.54, 1.807) is 0 Å². The molecule has 3 nitrogen and oxygen atoms in total. The fourth-order valence-corrected chi connectivity index (χ4v) is 3.53. The van der Waals surface area contributed by atoms with Crippen molar-refractivity contribution in [3.05, 3.63) is 15.1 Å². The first-order chi connectivity index (χ1) is 8.75. The lowest BCUT2D eigenvalue weighted by Gasteiger charge is -2.15. The molecule has 98 valence electrons. The molecule has 2 fully saturated rings. The topological polar surface area (TPSA) is 51.8 Å². The van der Waals surface area contributed by atoms with E-state index in [0.717, 1.165) is 9.39 Å². The summed E-state index contributed by atoms with van der Waals surface area (Å²) in [6.45, 7) is 0. The summed E-state index contributed by atoms with van der Waals surface area (Å²) in [5, 5.41) is 0. The number of halogens is 1. The third kappa shape index (κ3) is 2.63. The van der Waals surface area contributed by atoms with Crippen molar-refractivity contribution in [1.82, 2.24) is 9.97 Å². The molecule has 2 aliphatic rings. The highest BCUT2D eigenvalue weighted by atomic mass is 127. The summed E-state index contributed by atoms with van der Waals surface area (Å²) in [6, 6.07) is 0. The first-order valence-electron chi connectivity index (χ1n) is 7.08. The first kappa shape index (κ1) is 12.6. The van der Waals surface area contributed by atoms with Crippen LogP contribution in [-0.4, -0.2) is 9.97 Å². The zero-order chi connectivity index (χ0) is 12.5. The van der Waals surface area contributed by atoms with Gasteiger partial charge < -0.3 is 5.73 Å². The van der Waals surface area contributed by atoms with Crippen molar-refractivity contribution >= 4 is 28.4 Å². The summed E-state index contributed by atoms with van der Waals surface area (Å²) in [5.74, 6) is 2.93. The summed E-state index contributed by atoms with van der Waals surface area (Å²) in [4.78, 5) is 9.43. The van der Waals surface area contributed by atoms with Crippen LogP contribution in [0.4, 0.5) is 5.82 Å². The molecule has 0 bridgehead atoms. The van der Waals surface area contributed by atoms with E-state index in [-0.39, 0.29) is 0 Å². The zero-order valence-corrected chi connectivity index (χ0v) is 12.8. The van der Waals surface area contributed by atoms with Gasteiger partial charge in [-0.2, -0.15) is 0 Å². The fraction of sp³-hybridized carbons (Fsp3) is 0.714. The summed E-state index contributed by atoms with van der Waals surface area (Å²) >= 11 is 2.31. The number of rotatable bonds is 2. The average Bonchev–Trinajstić information content (AvgIpc) is 3.17. The molecule has 0 aliphatic heterocycles. The molecule has 2 aliphatic carbocycles. The number of nitrogens with zero attached hydrogens (tertiary/aromatic N) is 2. The van der Waals surface area contributed by atoms with Gasteiger partial charge in [0.1, 0.15) is 11.6 Å². The Kier molecular flexibility index (Phi) is 3.73. The zero-order valence-electron chi connectivity index (χ0n) is 10.7. The minimum Gasteiger partial charge on any atom is -0.383 e. The molecule has 0 atom stereocenters. The molecule has 1 aromatic rings. The monoisotopic (exact) mass is 357 g/mol. The molecule has 0 radical (unpaired) electrons. The Morgan fingerprint density at radius 2 is 1.56 bits per heavy atom. The second-order valence-electron chi connectivity index (χ2n) is 5.63. The highest BCUT2D eigenvalue weighted by Crippen LogP contribution is 2.42. The molecular formula is C14H20IN3. The number of hydrogen-bond acceptors (Lipinski definition) is 3. The van der Waals surface area contributed by atoms with Gasteiger partial charge in [0, 0.05) is 11.8 Å².